The summed E-state index contributed by atoms with van der Waals surface area (Å²) in [7, 11) is 0. The highest BCUT2D eigenvalue weighted by Gasteiger charge is 1.99. The second-order valence-electron chi connectivity index (χ2n) is 4.98. The van der Waals surface area contributed by atoms with E-state index in [0.717, 1.165) is 11.1 Å². The number of carbonyl (C=O) groups excluding carboxylic acids is 2. The van der Waals surface area contributed by atoms with Crippen LogP contribution in [0.1, 0.15) is 11.1 Å². The molecule has 0 aromatic heterocycles. The first-order valence-corrected chi connectivity index (χ1v) is 7.22. The van der Waals surface area contributed by atoms with Crippen LogP contribution in [0, 0.1) is 0 Å². The van der Waals surface area contributed by atoms with Gasteiger partial charge < -0.3 is 0 Å². The second-order valence-corrected chi connectivity index (χ2v) is 4.98. The lowest BCUT2D eigenvalue weighted by Crippen LogP contribution is -1.98. The van der Waals surface area contributed by atoms with Crippen LogP contribution in [0.15, 0.2) is 85.0 Å². The van der Waals surface area contributed by atoms with Crippen molar-refractivity contribution in [2.24, 2.45) is 0 Å². The van der Waals surface area contributed by atoms with E-state index in [4.69, 9.17) is 0 Å². The third-order valence-corrected chi connectivity index (χ3v) is 3.12. The first-order valence-electron chi connectivity index (χ1n) is 7.22. The van der Waals surface area contributed by atoms with Crippen LogP contribution in [0.25, 0.3) is 0 Å². The number of carbonyl (C=O) groups is 2. The van der Waals surface area contributed by atoms with E-state index >= 15 is 0 Å². The molecule has 0 unspecified atom stereocenters. The minimum absolute atomic E-state index is 0.0198. The van der Waals surface area contributed by atoms with E-state index in [0.29, 0.717) is 12.8 Å². The van der Waals surface area contributed by atoms with E-state index < -0.39 is 0 Å². The molecule has 110 valence electrons. The zero-order valence-corrected chi connectivity index (χ0v) is 12.3. The van der Waals surface area contributed by atoms with E-state index in [9.17, 15) is 9.59 Å². The van der Waals surface area contributed by atoms with Crippen LogP contribution in [-0.4, -0.2) is 11.6 Å². The Morgan fingerprint density at radius 2 is 1.00 bits per heavy atom. The summed E-state index contributed by atoms with van der Waals surface area (Å²) < 4.78 is 0. The summed E-state index contributed by atoms with van der Waals surface area (Å²) in [6.45, 7) is 0. The van der Waals surface area contributed by atoms with E-state index in [1.54, 1.807) is 12.2 Å². The van der Waals surface area contributed by atoms with E-state index in [1.165, 1.54) is 12.2 Å². The highest BCUT2D eigenvalue weighted by atomic mass is 16.1. The second kappa shape index (κ2) is 8.53. The smallest absolute Gasteiger partial charge is 0.160 e. The van der Waals surface area contributed by atoms with E-state index in [-0.39, 0.29) is 11.6 Å². The van der Waals surface area contributed by atoms with Crippen LogP contribution in [0.2, 0.25) is 0 Å². The lowest BCUT2D eigenvalue weighted by Gasteiger charge is -1.96. The van der Waals surface area contributed by atoms with Gasteiger partial charge in [-0.1, -0.05) is 72.8 Å². The molecule has 0 N–H and O–H groups in total. The van der Waals surface area contributed by atoms with E-state index in [1.807, 2.05) is 60.7 Å². The van der Waals surface area contributed by atoms with Gasteiger partial charge in [-0.15, -0.1) is 0 Å². The molecule has 0 aliphatic heterocycles. The van der Waals surface area contributed by atoms with Crippen LogP contribution in [0.5, 0.6) is 0 Å². The highest BCUT2D eigenvalue weighted by molar-refractivity contribution is 5.93. The van der Waals surface area contributed by atoms with Crippen LogP contribution in [-0.2, 0) is 22.4 Å². The van der Waals surface area contributed by atoms with Crippen LogP contribution in [0.3, 0.4) is 0 Å². The maximum atomic E-state index is 11.7. The summed E-state index contributed by atoms with van der Waals surface area (Å²) in [6.07, 6.45) is 6.99. The van der Waals surface area contributed by atoms with Gasteiger partial charge in [0.15, 0.2) is 11.6 Å². The predicted molar refractivity (Wildman–Crippen MR) is 88.6 cm³/mol. The fourth-order valence-electron chi connectivity index (χ4n) is 2.04. The summed E-state index contributed by atoms with van der Waals surface area (Å²) in [5.74, 6) is 0.0396. The predicted octanol–water partition coefficient (Wildman–Crippen LogP) is 3.72. The monoisotopic (exact) mass is 290 g/mol. The average molecular weight is 290 g/mol. The topological polar surface area (TPSA) is 34.1 Å². The zero-order chi connectivity index (χ0) is 15.6. The first kappa shape index (κ1) is 15.6. The molecular weight excluding hydrogens is 272 g/mol. The number of allylic oxidation sites excluding steroid dienone is 4. The lowest BCUT2D eigenvalue weighted by atomic mass is 10.1. The number of ketones is 2. The highest BCUT2D eigenvalue weighted by Crippen LogP contribution is 2.02. The Hall–Kier alpha value is -2.74. The van der Waals surface area contributed by atoms with Gasteiger partial charge in [-0.25, -0.2) is 0 Å². The van der Waals surface area contributed by atoms with Crippen molar-refractivity contribution < 1.29 is 9.59 Å². The quantitative estimate of drug-likeness (QED) is 0.575. The standard InChI is InChI=1S/C20H18O2/c21-19(15-17-9-3-1-4-10-17)13-7-8-14-20(22)16-18-11-5-2-6-12-18/h1-14H,15-16H2/b13-7+,14-8+. The molecule has 0 aliphatic rings. The number of rotatable bonds is 7. The summed E-state index contributed by atoms with van der Waals surface area (Å²) in [5, 5.41) is 0. The van der Waals surface area contributed by atoms with Crippen molar-refractivity contribution >= 4 is 11.6 Å². The Morgan fingerprint density at radius 3 is 1.36 bits per heavy atom. The number of benzene rings is 2. The Bertz CT molecular complexity index is 606. The van der Waals surface area contributed by atoms with Crippen molar-refractivity contribution in [2.45, 2.75) is 12.8 Å². The van der Waals surface area contributed by atoms with Crippen molar-refractivity contribution in [1.82, 2.24) is 0 Å². The molecule has 2 rings (SSSR count). The first-order chi connectivity index (χ1) is 10.7. The molecule has 0 spiro atoms. The molecule has 0 amide bonds. The van der Waals surface area contributed by atoms with Gasteiger partial charge >= 0.3 is 0 Å². The van der Waals surface area contributed by atoms with Crippen molar-refractivity contribution in [3.63, 3.8) is 0 Å². The Balaban J connectivity index is 1.79. The van der Waals surface area contributed by atoms with Gasteiger partial charge in [-0.05, 0) is 23.3 Å². The maximum Gasteiger partial charge on any atom is 0.160 e. The number of hydrogen-bond donors (Lipinski definition) is 0. The summed E-state index contributed by atoms with van der Waals surface area (Å²) in [6, 6.07) is 19.2. The Morgan fingerprint density at radius 1 is 0.636 bits per heavy atom. The SMILES string of the molecule is O=C(/C=C/C=C/C(=O)Cc1ccccc1)Cc1ccccc1. The lowest BCUT2D eigenvalue weighted by molar-refractivity contribution is -0.114. The summed E-state index contributed by atoms with van der Waals surface area (Å²) >= 11 is 0. The molecule has 2 nitrogen and oxygen atoms in total. The molecule has 0 radical (unpaired) electrons. The van der Waals surface area contributed by atoms with Gasteiger partial charge in [-0.2, -0.15) is 0 Å². The molecule has 22 heavy (non-hydrogen) atoms. The van der Waals surface area contributed by atoms with Crippen LogP contribution < -0.4 is 0 Å². The molecule has 2 aromatic carbocycles. The van der Waals surface area contributed by atoms with Crippen molar-refractivity contribution in [1.29, 1.82) is 0 Å². The Labute approximate surface area is 130 Å². The molecule has 0 aliphatic carbocycles. The molecule has 2 heteroatoms. The molecule has 0 heterocycles. The molecule has 0 saturated carbocycles. The summed E-state index contributed by atoms with van der Waals surface area (Å²) in [5.41, 5.74) is 1.97. The van der Waals surface area contributed by atoms with Crippen molar-refractivity contribution in [2.75, 3.05) is 0 Å². The number of hydrogen-bond acceptors (Lipinski definition) is 2. The molecule has 2 aromatic rings. The summed E-state index contributed by atoms with van der Waals surface area (Å²) in [4.78, 5) is 23.5. The molecule has 0 saturated heterocycles. The Kier molecular flexibility index (Phi) is 6.06. The van der Waals surface area contributed by atoms with Crippen molar-refractivity contribution in [3.05, 3.63) is 96.1 Å². The van der Waals surface area contributed by atoms with Gasteiger partial charge in [0, 0.05) is 12.8 Å². The fraction of sp³-hybridized carbons (Fsp3) is 0.100. The molecular formula is C20H18O2. The minimum atomic E-state index is 0.0198. The zero-order valence-electron chi connectivity index (χ0n) is 12.3. The van der Waals surface area contributed by atoms with E-state index in [2.05, 4.69) is 0 Å². The fourth-order valence-corrected chi connectivity index (χ4v) is 2.04. The molecule has 0 fully saturated rings. The van der Waals surface area contributed by atoms with Gasteiger partial charge in [0.05, 0.1) is 0 Å². The molecule has 0 atom stereocenters. The third-order valence-electron chi connectivity index (χ3n) is 3.12. The minimum Gasteiger partial charge on any atom is -0.294 e. The molecule has 0 bridgehead atoms. The largest absolute Gasteiger partial charge is 0.294 e. The van der Waals surface area contributed by atoms with Gasteiger partial charge in [-0.3, -0.25) is 9.59 Å². The van der Waals surface area contributed by atoms with Crippen LogP contribution in [0.4, 0.5) is 0 Å². The van der Waals surface area contributed by atoms with Gasteiger partial charge in [0.1, 0.15) is 0 Å². The normalized spacial score (nSPS) is 11.1. The van der Waals surface area contributed by atoms with Crippen molar-refractivity contribution in [3.8, 4) is 0 Å². The van der Waals surface area contributed by atoms with Gasteiger partial charge in [0.25, 0.3) is 0 Å². The third kappa shape index (κ3) is 5.71. The average Bonchev–Trinajstić information content (AvgIpc) is 2.53. The maximum absolute atomic E-state index is 11.7. The van der Waals surface area contributed by atoms with Gasteiger partial charge in [0.2, 0.25) is 0 Å². The van der Waals surface area contributed by atoms with Crippen LogP contribution >= 0.6 is 0 Å².